The molecule has 0 unspecified atom stereocenters. The van der Waals surface area contributed by atoms with Gasteiger partial charge in [-0.05, 0) is 62.7 Å². The Morgan fingerprint density at radius 2 is 1.34 bits per heavy atom. The first kappa shape index (κ1) is 24.9. The number of fused-ring (bicyclic) bond motifs is 1. The first-order chi connectivity index (χ1) is 16.4. The van der Waals surface area contributed by atoms with E-state index in [0.29, 0.717) is 6.54 Å². The normalized spacial score (nSPS) is 13.8. The van der Waals surface area contributed by atoms with Crippen molar-refractivity contribution in [3.63, 3.8) is 0 Å². The van der Waals surface area contributed by atoms with E-state index in [1.165, 1.54) is 50.2 Å². The highest BCUT2D eigenvalue weighted by Crippen LogP contribution is 2.38. The fraction of sp³-hybridized carbons (Fsp3) is 0.217. The number of phenolic OH excluding ortho intramolecular Hbond substituents is 1. The summed E-state index contributed by atoms with van der Waals surface area (Å²) in [5.41, 5.74) is 0.414. The minimum Gasteiger partial charge on any atom is -0.506 e. The van der Waals surface area contributed by atoms with E-state index >= 15 is 0 Å². The predicted octanol–water partition coefficient (Wildman–Crippen LogP) is 3.53. The second-order valence-electron chi connectivity index (χ2n) is 8.14. The monoisotopic (exact) mass is 523 g/mol. The van der Waals surface area contributed by atoms with Gasteiger partial charge in [0.2, 0.25) is 0 Å². The summed E-state index contributed by atoms with van der Waals surface area (Å²) in [6, 6.07) is 8.60. The van der Waals surface area contributed by atoms with Crippen molar-refractivity contribution in [3.8, 4) is 5.75 Å². The van der Waals surface area contributed by atoms with Crippen LogP contribution in [0.2, 0.25) is 0 Å². The van der Waals surface area contributed by atoms with Gasteiger partial charge < -0.3 is 10.4 Å². The number of rotatable bonds is 6. The topological polar surface area (TPSA) is 125 Å². The zero-order valence-electron chi connectivity index (χ0n) is 18.8. The van der Waals surface area contributed by atoms with Gasteiger partial charge in [0.1, 0.15) is 22.3 Å². The third kappa shape index (κ3) is 4.68. The number of hydrogen-bond acceptors (Lipinski definition) is 6. The molecule has 1 heterocycles. The van der Waals surface area contributed by atoms with Crippen LogP contribution in [-0.4, -0.2) is 28.5 Å². The van der Waals surface area contributed by atoms with Crippen molar-refractivity contribution >= 4 is 31.4 Å². The van der Waals surface area contributed by atoms with Crippen LogP contribution in [0.25, 0.3) is 0 Å². The quantitative estimate of drug-likeness (QED) is 0.392. The largest absolute Gasteiger partial charge is 0.506 e. The van der Waals surface area contributed by atoms with Gasteiger partial charge >= 0.3 is 0 Å². The Balaban J connectivity index is 1.86. The SMILES string of the molecule is Cc1c(F)cccc1NS(=O)(=O)c1cc(S(=O)(=O)Nc2cccc(F)c2C)c2c(c1O)CCNC2. The minimum atomic E-state index is -4.53. The van der Waals surface area contributed by atoms with Gasteiger partial charge in [-0.3, -0.25) is 9.44 Å². The zero-order chi connectivity index (χ0) is 25.5. The number of phenols is 1. The molecule has 0 saturated heterocycles. The molecule has 4 N–H and O–H groups in total. The predicted molar refractivity (Wildman–Crippen MR) is 127 cm³/mol. The van der Waals surface area contributed by atoms with Gasteiger partial charge in [0, 0.05) is 23.2 Å². The fourth-order valence-corrected chi connectivity index (χ4v) is 6.64. The molecule has 1 aliphatic heterocycles. The molecule has 3 aromatic carbocycles. The summed E-state index contributed by atoms with van der Waals surface area (Å²) >= 11 is 0. The minimum absolute atomic E-state index is 0.00601. The highest BCUT2D eigenvalue weighted by Gasteiger charge is 2.32. The smallest absolute Gasteiger partial charge is 0.265 e. The van der Waals surface area contributed by atoms with Gasteiger partial charge in [-0.2, -0.15) is 0 Å². The van der Waals surface area contributed by atoms with Gasteiger partial charge in [0.15, 0.2) is 0 Å². The van der Waals surface area contributed by atoms with Crippen LogP contribution in [0.1, 0.15) is 22.3 Å². The third-order valence-electron chi connectivity index (χ3n) is 5.90. The highest BCUT2D eigenvalue weighted by molar-refractivity contribution is 7.93. The number of nitrogens with one attached hydrogen (secondary N) is 3. The Hall–Kier alpha value is -3.22. The molecule has 0 amide bonds. The Morgan fingerprint density at radius 1 is 0.829 bits per heavy atom. The van der Waals surface area contributed by atoms with Crippen LogP contribution in [0.3, 0.4) is 0 Å². The molecule has 3 aromatic rings. The van der Waals surface area contributed by atoms with E-state index in [0.717, 1.165) is 6.07 Å². The molecule has 4 rings (SSSR count). The van der Waals surface area contributed by atoms with E-state index in [1.54, 1.807) is 0 Å². The number of benzene rings is 3. The Kier molecular flexibility index (Phi) is 6.47. The second-order valence-corrected chi connectivity index (χ2v) is 11.4. The average molecular weight is 524 g/mol. The van der Waals surface area contributed by atoms with E-state index in [4.69, 9.17) is 0 Å². The van der Waals surface area contributed by atoms with Crippen molar-refractivity contribution in [3.05, 3.63) is 76.4 Å². The first-order valence-corrected chi connectivity index (χ1v) is 13.5. The van der Waals surface area contributed by atoms with Crippen LogP contribution in [0.5, 0.6) is 5.75 Å². The van der Waals surface area contributed by atoms with Crippen molar-refractivity contribution in [2.75, 3.05) is 16.0 Å². The standard InChI is InChI=1S/C23H23F2N3O5S2/c1-13-17(24)5-3-7-19(13)27-34(30,31)21-11-22(23(29)15-9-10-26-12-16(15)21)35(32,33)28-20-8-4-6-18(25)14(20)2/h3-8,11,26-29H,9-10,12H2,1-2H3. The van der Waals surface area contributed by atoms with Crippen LogP contribution in [-0.2, 0) is 33.0 Å². The summed E-state index contributed by atoms with van der Waals surface area (Å²) in [6.07, 6.45) is 0.172. The maximum absolute atomic E-state index is 14.0. The van der Waals surface area contributed by atoms with Gasteiger partial charge in [0.05, 0.1) is 16.3 Å². The summed E-state index contributed by atoms with van der Waals surface area (Å²) in [6.45, 7) is 3.24. The lowest BCUT2D eigenvalue weighted by atomic mass is 10.00. The lowest BCUT2D eigenvalue weighted by Crippen LogP contribution is -2.28. The fourth-order valence-electron chi connectivity index (χ4n) is 3.88. The Bertz CT molecular complexity index is 1540. The van der Waals surface area contributed by atoms with Crippen molar-refractivity contribution in [2.45, 2.75) is 36.6 Å². The zero-order valence-corrected chi connectivity index (χ0v) is 20.4. The molecule has 0 fully saturated rings. The number of aromatic hydroxyl groups is 1. The van der Waals surface area contributed by atoms with Gasteiger partial charge in [-0.25, -0.2) is 25.6 Å². The van der Waals surface area contributed by atoms with Crippen LogP contribution < -0.4 is 14.8 Å². The summed E-state index contributed by atoms with van der Waals surface area (Å²) in [5, 5.41) is 13.9. The molecule has 35 heavy (non-hydrogen) atoms. The molecule has 8 nitrogen and oxygen atoms in total. The van der Waals surface area contributed by atoms with Crippen LogP contribution in [0.15, 0.2) is 52.3 Å². The number of anilines is 2. The third-order valence-corrected chi connectivity index (χ3v) is 8.71. The maximum atomic E-state index is 14.0. The van der Waals surface area contributed by atoms with E-state index < -0.39 is 42.3 Å². The first-order valence-electron chi connectivity index (χ1n) is 10.6. The van der Waals surface area contributed by atoms with E-state index in [-0.39, 0.29) is 51.5 Å². The van der Waals surface area contributed by atoms with Gasteiger partial charge in [-0.1, -0.05) is 12.1 Å². The molecule has 0 bridgehead atoms. The van der Waals surface area contributed by atoms with Crippen molar-refractivity contribution in [2.24, 2.45) is 0 Å². The Morgan fingerprint density at radius 3 is 1.89 bits per heavy atom. The number of halogens is 2. The molecule has 1 aliphatic rings. The molecular weight excluding hydrogens is 500 g/mol. The van der Waals surface area contributed by atoms with Gasteiger partial charge in [-0.15, -0.1) is 0 Å². The highest BCUT2D eigenvalue weighted by atomic mass is 32.2. The molecule has 186 valence electrons. The van der Waals surface area contributed by atoms with Crippen LogP contribution in [0, 0.1) is 25.5 Å². The number of hydrogen-bond donors (Lipinski definition) is 4. The van der Waals surface area contributed by atoms with E-state index in [2.05, 4.69) is 14.8 Å². The van der Waals surface area contributed by atoms with Crippen molar-refractivity contribution in [1.29, 1.82) is 0 Å². The lowest BCUT2D eigenvalue weighted by Gasteiger charge is -2.24. The molecule has 0 aliphatic carbocycles. The van der Waals surface area contributed by atoms with Crippen molar-refractivity contribution < 1.29 is 30.7 Å². The summed E-state index contributed by atoms with van der Waals surface area (Å²) < 4.78 is 85.7. The summed E-state index contributed by atoms with van der Waals surface area (Å²) in [7, 11) is -8.93. The van der Waals surface area contributed by atoms with Crippen molar-refractivity contribution in [1.82, 2.24) is 5.32 Å². The molecular formula is C23H23F2N3O5S2. The van der Waals surface area contributed by atoms with Crippen LogP contribution >= 0.6 is 0 Å². The lowest BCUT2D eigenvalue weighted by molar-refractivity contribution is 0.443. The second kappa shape index (κ2) is 9.10. The van der Waals surface area contributed by atoms with Crippen LogP contribution in [0.4, 0.5) is 20.2 Å². The van der Waals surface area contributed by atoms with E-state index in [9.17, 15) is 30.7 Å². The molecule has 0 spiro atoms. The molecule has 0 atom stereocenters. The molecule has 0 radical (unpaired) electrons. The maximum Gasteiger partial charge on any atom is 0.265 e. The summed E-state index contributed by atoms with van der Waals surface area (Å²) in [5.74, 6) is -1.83. The summed E-state index contributed by atoms with van der Waals surface area (Å²) in [4.78, 5) is -1.05. The number of sulfonamides is 2. The van der Waals surface area contributed by atoms with E-state index in [1.807, 2.05) is 0 Å². The van der Waals surface area contributed by atoms with Gasteiger partial charge in [0.25, 0.3) is 20.0 Å². The average Bonchev–Trinajstić information content (AvgIpc) is 2.80. The molecule has 12 heteroatoms. The Labute approximate surface area is 202 Å². The molecule has 0 aromatic heterocycles. The molecule has 0 saturated carbocycles.